The molecule has 0 spiro atoms. The van der Waals surface area contributed by atoms with Crippen molar-refractivity contribution in [1.82, 2.24) is 15.5 Å². The van der Waals surface area contributed by atoms with Crippen molar-refractivity contribution in [2.75, 3.05) is 13.1 Å². The fraction of sp³-hybridized carbons (Fsp3) is 0.467. The second-order valence-electron chi connectivity index (χ2n) is 5.27. The maximum Gasteiger partial charge on any atom is 0.226 e. The molecule has 0 radical (unpaired) electrons. The summed E-state index contributed by atoms with van der Waals surface area (Å²) in [6.07, 6.45) is 3.46. The van der Waals surface area contributed by atoms with E-state index in [0.29, 0.717) is 29.6 Å². The Morgan fingerprint density at radius 3 is 3.05 bits per heavy atom. The van der Waals surface area contributed by atoms with Crippen LogP contribution in [0.3, 0.4) is 0 Å². The fourth-order valence-corrected chi connectivity index (χ4v) is 2.56. The van der Waals surface area contributed by atoms with Gasteiger partial charge in [-0.05, 0) is 43.5 Å². The minimum Gasteiger partial charge on any atom is -0.339 e. The molecule has 2 aromatic rings. The minimum absolute atomic E-state index is 0.226. The van der Waals surface area contributed by atoms with Crippen molar-refractivity contribution in [1.29, 1.82) is 0 Å². The average molecular weight is 275 g/mol. The number of aromatic nitrogens is 2. The van der Waals surface area contributed by atoms with Gasteiger partial charge in [-0.25, -0.2) is 4.39 Å². The van der Waals surface area contributed by atoms with Crippen LogP contribution >= 0.6 is 0 Å². The molecule has 1 fully saturated rings. The maximum absolute atomic E-state index is 13.5. The van der Waals surface area contributed by atoms with Crippen LogP contribution in [-0.2, 0) is 12.8 Å². The highest BCUT2D eigenvalue weighted by Gasteiger charge is 2.16. The molecule has 0 amide bonds. The van der Waals surface area contributed by atoms with Gasteiger partial charge in [-0.1, -0.05) is 23.4 Å². The summed E-state index contributed by atoms with van der Waals surface area (Å²) in [4.78, 5) is 4.34. The molecule has 106 valence electrons. The normalized spacial score (nSPS) is 18.6. The third kappa shape index (κ3) is 3.22. The van der Waals surface area contributed by atoms with E-state index in [0.717, 1.165) is 25.9 Å². The van der Waals surface area contributed by atoms with Gasteiger partial charge in [-0.3, -0.25) is 0 Å². The first-order chi connectivity index (χ1) is 9.81. The van der Waals surface area contributed by atoms with Crippen LogP contribution in [-0.4, -0.2) is 23.2 Å². The van der Waals surface area contributed by atoms with Crippen molar-refractivity contribution >= 4 is 0 Å². The smallest absolute Gasteiger partial charge is 0.226 e. The summed E-state index contributed by atoms with van der Waals surface area (Å²) in [5, 5.41) is 7.27. The molecule has 1 aromatic heterocycles. The van der Waals surface area contributed by atoms with Crippen molar-refractivity contribution in [2.24, 2.45) is 5.92 Å². The largest absolute Gasteiger partial charge is 0.339 e. The maximum atomic E-state index is 13.5. The highest BCUT2D eigenvalue weighted by Crippen LogP contribution is 2.16. The number of hydrogen-bond acceptors (Lipinski definition) is 4. The topological polar surface area (TPSA) is 51.0 Å². The molecule has 1 aliphatic rings. The number of halogens is 1. The molecule has 0 bridgehead atoms. The number of benzene rings is 1. The van der Waals surface area contributed by atoms with Crippen LogP contribution < -0.4 is 5.32 Å². The van der Waals surface area contributed by atoms with E-state index in [-0.39, 0.29) is 5.82 Å². The summed E-state index contributed by atoms with van der Waals surface area (Å²) in [5.41, 5.74) is 0.597. The van der Waals surface area contributed by atoms with Crippen LogP contribution in [0.1, 0.15) is 30.1 Å². The molecule has 1 saturated heterocycles. The van der Waals surface area contributed by atoms with Crippen LogP contribution in [0.5, 0.6) is 0 Å². The van der Waals surface area contributed by atoms with Crippen molar-refractivity contribution in [3.8, 4) is 0 Å². The Hall–Kier alpha value is -1.75. The molecule has 2 heterocycles. The van der Waals surface area contributed by atoms with Gasteiger partial charge in [0.05, 0.1) is 0 Å². The number of nitrogens with one attached hydrogen (secondary N) is 1. The van der Waals surface area contributed by atoms with Gasteiger partial charge in [-0.2, -0.15) is 4.98 Å². The van der Waals surface area contributed by atoms with Gasteiger partial charge < -0.3 is 9.84 Å². The third-order valence-electron chi connectivity index (χ3n) is 3.75. The van der Waals surface area contributed by atoms with Crippen LogP contribution in [0, 0.1) is 11.7 Å². The van der Waals surface area contributed by atoms with Gasteiger partial charge in [-0.15, -0.1) is 0 Å². The molecule has 3 rings (SSSR count). The minimum atomic E-state index is -0.226. The zero-order valence-electron chi connectivity index (χ0n) is 11.3. The molecule has 5 heteroatoms. The highest BCUT2D eigenvalue weighted by atomic mass is 19.1. The lowest BCUT2D eigenvalue weighted by molar-refractivity contribution is 0.361. The Bertz CT molecular complexity index is 564. The lowest BCUT2D eigenvalue weighted by atomic mass is 10.0. The van der Waals surface area contributed by atoms with E-state index in [2.05, 4.69) is 15.5 Å². The number of aryl methyl sites for hydroxylation is 1. The Morgan fingerprint density at radius 1 is 1.35 bits per heavy atom. The Morgan fingerprint density at radius 2 is 2.25 bits per heavy atom. The van der Waals surface area contributed by atoms with Crippen molar-refractivity contribution in [3.05, 3.63) is 47.4 Å². The van der Waals surface area contributed by atoms with Crippen molar-refractivity contribution < 1.29 is 8.91 Å². The lowest BCUT2D eigenvalue weighted by Crippen LogP contribution is -2.09. The van der Waals surface area contributed by atoms with E-state index in [1.54, 1.807) is 12.1 Å². The van der Waals surface area contributed by atoms with Gasteiger partial charge in [0, 0.05) is 12.8 Å². The summed E-state index contributed by atoms with van der Waals surface area (Å²) in [7, 11) is 0. The average Bonchev–Trinajstić information content (AvgIpc) is 3.10. The Labute approximate surface area is 117 Å². The summed E-state index contributed by atoms with van der Waals surface area (Å²) in [5.74, 6) is 1.69. The van der Waals surface area contributed by atoms with Gasteiger partial charge in [0.1, 0.15) is 5.82 Å². The number of rotatable bonds is 5. The van der Waals surface area contributed by atoms with Crippen molar-refractivity contribution in [2.45, 2.75) is 25.7 Å². The van der Waals surface area contributed by atoms with Gasteiger partial charge in [0.25, 0.3) is 0 Å². The highest BCUT2D eigenvalue weighted by molar-refractivity contribution is 5.20. The SMILES string of the molecule is Fc1ccccc1Cc1noc(CCC2CCNC2)n1. The zero-order chi connectivity index (χ0) is 13.8. The van der Waals surface area contributed by atoms with E-state index >= 15 is 0 Å². The van der Waals surface area contributed by atoms with Crippen LogP contribution in [0.15, 0.2) is 28.8 Å². The van der Waals surface area contributed by atoms with E-state index in [9.17, 15) is 4.39 Å². The second-order valence-corrected chi connectivity index (χ2v) is 5.27. The van der Waals surface area contributed by atoms with Crippen LogP contribution in [0.4, 0.5) is 4.39 Å². The standard InChI is InChI=1S/C15H18FN3O/c16-13-4-2-1-3-12(13)9-14-18-15(20-19-14)6-5-11-7-8-17-10-11/h1-4,11,17H,5-10H2. The summed E-state index contributed by atoms with van der Waals surface area (Å²) < 4.78 is 18.8. The Balaban J connectivity index is 1.57. The quantitative estimate of drug-likeness (QED) is 0.910. The lowest BCUT2D eigenvalue weighted by Gasteiger charge is -2.03. The summed E-state index contributed by atoms with van der Waals surface area (Å²) in [6, 6.07) is 6.68. The molecule has 1 aliphatic heterocycles. The first-order valence-corrected chi connectivity index (χ1v) is 7.07. The predicted molar refractivity (Wildman–Crippen MR) is 72.8 cm³/mol. The predicted octanol–water partition coefficient (Wildman–Crippen LogP) is 2.34. The fourth-order valence-electron chi connectivity index (χ4n) is 2.56. The molecule has 1 N–H and O–H groups in total. The van der Waals surface area contributed by atoms with E-state index < -0.39 is 0 Å². The summed E-state index contributed by atoms with van der Waals surface area (Å²) >= 11 is 0. The molecular formula is C15H18FN3O. The van der Waals surface area contributed by atoms with E-state index in [1.165, 1.54) is 12.5 Å². The number of nitrogens with zero attached hydrogens (tertiary/aromatic N) is 2. The third-order valence-corrected chi connectivity index (χ3v) is 3.75. The molecular weight excluding hydrogens is 257 g/mol. The van der Waals surface area contributed by atoms with E-state index in [1.807, 2.05) is 6.07 Å². The second kappa shape index (κ2) is 6.13. The van der Waals surface area contributed by atoms with Gasteiger partial charge in [0.15, 0.2) is 5.82 Å². The van der Waals surface area contributed by atoms with Gasteiger partial charge >= 0.3 is 0 Å². The molecule has 0 saturated carbocycles. The van der Waals surface area contributed by atoms with E-state index in [4.69, 9.17) is 4.52 Å². The molecule has 1 aromatic carbocycles. The first-order valence-electron chi connectivity index (χ1n) is 7.07. The monoisotopic (exact) mass is 275 g/mol. The molecule has 1 atom stereocenters. The Kier molecular flexibility index (Phi) is 4.06. The molecule has 1 unspecified atom stereocenters. The van der Waals surface area contributed by atoms with Crippen molar-refractivity contribution in [3.63, 3.8) is 0 Å². The van der Waals surface area contributed by atoms with Gasteiger partial charge in [0.2, 0.25) is 5.89 Å². The van der Waals surface area contributed by atoms with Crippen LogP contribution in [0.2, 0.25) is 0 Å². The summed E-state index contributed by atoms with van der Waals surface area (Å²) in [6.45, 7) is 2.18. The molecule has 4 nitrogen and oxygen atoms in total. The molecule has 0 aliphatic carbocycles. The molecule has 20 heavy (non-hydrogen) atoms. The first kappa shape index (κ1) is 13.2. The zero-order valence-corrected chi connectivity index (χ0v) is 11.3. The number of hydrogen-bond donors (Lipinski definition) is 1. The van der Waals surface area contributed by atoms with Crippen LogP contribution in [0.25, 0.3) is 0 Å².